The summed E-state index contributed by atoms with van der Waals surface area (Å²) in [6.45, 7) is 3.39. The summed E-state index contributed by atoms with van der Waals surface area (Å²) in [5.74, 6) is 1.19. The number of halogens is 1. The van der Waals surface area contributed by atoms with Crippen LogP contribution >= 0.6 is 11.6 Å². The number of aromatic nitrogens is 2. The molecule has 0 amide bonds. The highest BCUT2D eigenvalue weighted by molar-refractivity contribution is 6.30. The van der Waals surface area contributed by atoms with Crippen molar-refractivity contribution in [3.63, 3.8) is 0 Å². The number of benzene rings is 2. The highest BCUT2D eigenvalue weighted by Crippen LogP contribution is 2.30. The highest BCUT2D eigenvalue weighted by atomic mass is 35.5. The van der Waals surface area contributed by atoms with Crippen molar-refractivity contribution in [2.45, 2.75) is 26.3 Å². The maximum atomic E-state index is 9.08. The van der Waals surface area contributed by atoms with Crippen LogP contribution in [-0.4, -0.2) is 16.7 Å². The fraction of sp³-hybridized carbons (Fsp3) is 0.238. The Morgan fingerprint density at radius 3 is 2.81 bits per heavy atom. The Kier molecular flexibility index (Phi) is 6.48. The van der Waals surface area contributed by atoms with Gasteiger partial charge in [-0.3, -0.25) is 5.10 Å². The molecular weight excluding hydrogens is 360 g/mol. The van der Waals surface area contributed by atoms with Gasteiger partial charge in [-0.05, 0) is 50.1 Å². The number of ether oxygens (including phenoxy) is 1. The first-order valence-electron chi connectivity index (χ1n) is 8.82. The van der Waals surface area contributed by atoms with E-state index in [0.29, 0.717) is 28.6 Å². The van der Waals surface area contributed by atoms with Gasteiger partial charge in [0.05, 0.1) is 17.3 Å². The number of aryl methyl sites for hydroxylation is 2. The SMILES string of the molecule is Cc1n[nH]c(CNCCCc2ccccc2)c1Oc1cc(Cl)cc(C#N)c1. The van der Waals surface area contributed by atoms with Gasteiger partial charge in [0, 0.05) is 11.6 Å². The molecule has 5 nitrogen and oxygen atoms in total. The topological polar surface area (TPSA) is 73.7 Å². The fourth-order valence-corrected chi connectivity index (χ4v) is 3.03. The predicted octanol–water partition coefficient (Wildman–Crippen LogP) is 4.76. The molecule has 1 aromatic heterocycles. The summed E-state index contributed by atoms with van der Waals surface area (Å²) in [6.07, 6.45) is 2.09. The molecule has 138 valence electrons. The van der Waals surface area contributed by atoms with Crippen molar-refractivity contribution < 1.29 is 4.74 Å². The van der Waals surface area contributed by atoms with Crippen LogP contribution < -0.4 is 10.1 Å². The zero-order valence-corrected chi connectivity index (χ0v) is 15.9. The first kappa shape index (κ1) is 19.0. The maximum absolute atomic E-state index is 9.08. The molecular formula is C21H21ClN4O. The van der Waals surface area contributed by atoms with Crippen LogP contribution in [0.3, 0.4) is 0 Å². The second-order valence-corrected chi connectivity index (χ2v) is 6.71. The van der Waals surface area contributed by atoms with Crippen LogP contribution in [0.5, 0.6) is 11.5 Å². The Bertz CT molecular complexity index is 931. The lowest BCUT2D eigenvalue weighted by Gasteiger charge is -2.09. The Morgan fingerprint density at radius 1 is 1.22 bits per heavy atom. The van der Waals surface area contributed by atoms with E-state index in [1.54, 1.807) is 18.2 Å². The molecule has 27 heavy (non-hydrogen) atoms. The van der Waals surface area contributed by atoms with Gasteiger partial charge in [0.25, 0.3) is 0 Å². The van der Waals surface area contributed by atoms with E-state index in [2.05, 4.69) is 45.8 Å². The van der Waals surface area contributed by atoms with E-state index in [9.17, 15) is 0 Å². The molecule has 0 aliphatic heterocycles. The molecule has 0 saturated carbocycles. The van der Waals surface area contributed by atoms with Crippen molar-refractivity contribution >= 4 is 11.6 Å². The van der Waals surface area contributed by atoms with Gasteiger partial charge in [-0.2, -0.15) is 10.4 Å². The van der Waals surface area contributed by atoms with E-state index in [1.807, 2.05) is 13.0 Å². The van der Waals surface area contributed by atoms with E-state index in [1.165, 1.54) is 5.56 Å². The quantitative estimate of drug-likeness (QED) is 0.552. The van der Waals surface area contributed by atoms with Gasteiger partial charge in [-0.15, -0.1) is 0 Å². The van der Waals surface area contributed by atoms with Gasteiger partial charge < -0.3 is 10.1 Å². The van der Waals surface area contributed by atoms with Gasteiger partial charge in [0.15, 0.2) is 5.75 Å². The molecule has 0 atom stereocenters. The Labute approximate surface area is 163 Å². The van der Waals surface area contributed by atoms with Crippen LogP contribution in [0, 0.1) is 18.3 Å². The monoisotopic (exact) mass is 380 g/mol. The van der Waals surface area contributed by atoms with E-state index in [0.717, 1.165) is 30.8 Å². The summed E-state index contributed by atoms with van der Waals surface area (Å²) in [5.41, 5.74) is 3.43. The average Bonchev–Trinajstić information content (AvgIpc) is 3.01. The first-order valence-corrected chi connectivity index (χ1v) is 9.20. The van der Waals surface area contributed by atoms with E-state index in [4.69, 9.17) is 21.6 Å². The fourth-order valence-electron chi connectivity index (χ4n) is 2.81. The number of H-pyrrole nitrogens is 1. The molecule has 1 heterocycles. The summed E-state index contributed by atoms with van der Waals surface area (Å²) in [5, 5.41) is 20.2. The lowest BCUT2D eigenvalue weighted by atomic mass is 10.1. The van der Waals surface area contributed by atoms with Gasteiger partial charge in [-0.25, -0.2) is 0 Å². The normalized spacial score (nSPS) is 10.6. The standard InChI is InChI=1S/C21H21ClN4O/c1-15-21(27-19-11-17(13-23)10-18(22)12-19)20(26-25-15)14-24-9-5-8-16-6-3-2-4-7-16/h2-4,6-7,10-12,24H,5,8-9,14H2,1H3,(H,25,26). The van der Waals surface area contributed by atoms with Crippen LogP contribution in [0.4, 0.5) is 0 Å². The number of nitrogens with one attached hydrogen (secondary N) is 2. The molecule has 0 bridgehead atoms. The molecule has 0 aliphatic carbocycles. The maximum Gasteiger partial charge on any atom is 0.172 e. The molecule has 2 N–H and O–H groups in total. The van der Waals surface area contributed by atoms with E-state index in [-0.39, 0.29) is 0 Å². The molecule has 2 aromatic carbocycles. The van der Waals surface area contributed by atoms with Gasteiger partial charge in [-0.1, -0.05) is 41.9 Å². The Morgan fingerprint density at radius 2 is 2.04 bits per heavy atom. The third kappa shape index (κ3) is 5.33. The third-order valence-corrected chi connectivity index (χ3v) is 4.36. The molecule has 6 heteroatoms. The van der Waals surface area contributed by atoms with Gasteiger partial charge >= 0.3 is 0 Å². The van der Waals surface area contributed by atoms with Crippen molar-refractivity contribution in [2.75, 3.05) is 6.54 Å². The number of rotatable bonds is 8. The summed E-state index contributed by atoms with van der Waals surface area (Å²) >= 11 is 6.05. The van der Waals surface area contributed by atoms with Crippen molar-refractivity contribution in [3.8, 4) is 17.6 Å². The minimum Gasteiger partial charge on any atom is -0.453 e. The van der Waals surface area contributed by atoms with Crippen molar-refractivity contribution in [3.05, 3.63) is 76.1 Å². The number of aromatic amines is 1. The zero-order valence-electron chi connectivity index (χ0n) is 15.1. The zero-order chi connectivity index (χ0) is 19.1. The van der Waals surface area contributed by atoms with Crippen LogP contribution in [0.25, 0.3) is 0 Å². The van der Waals surface area contributed by atoms with Crippen LogP contribution in [0.2, 0.25) is 5.02 Å². The molecule has 3 rings (SSSR count). The lowest BCUT2D eigenvalue weighted by molar-refractivity contribution is 0.468. The van der Waals surface area contributed by atoms with E-state index >= 15 is 0 Å². The molecule has 0 spiro atoms. The molecule has 0 unspecified atom stereocenters. The second-order valence-electron chi connectivity index (χ2n) is 6.27. The molecule has 0 radical (unpaired) electrons. The summed E-state index contributed by atoms with van der Waals surface area (Å²) in [7, 11) is 0. The van der Waals surface area contributed by atoms with Crippen molar-refractivity contribution in [1.29, 1.82) is 5.26 Å². The van der Waals surface area contributed by atoms with Crippen LogP contribution in [0.1, 0.15) is 28.9 Å². The first-order chi connectivity index (χ1) is 13.2. The second kappa shape index (κ2) is 9.22. The van der Waals surface area contributed by atoms with E-state index < -0.39 is 0 Å². The number of hydrogen-bond donors (Lipinski definition) is 2. The molecule has 0 aliphatic rings. The third-order valence-electron chi connectivity index (χ3n) is 4.15. The van der Waals surface area contributed by atoms with Crippen molar-refractivity contribution in [2.24, 2.45) is 0 Å². The molecule has 0 saturated heterocycles. The predicted molar refractivity (Wildman–Crippen MR) is 106 cm³/mol. The van der Waals surface area contributed by atoms with Crippen molar-refractivity contribution in [1.82, 2.24) is 15.5 Å². The van der Waals surface area contributed by atoms with Gasteiger partial charge in [0.2, 0.25) is 0 Å². The molecule has 3 aromatic rings. The number of hydrogen-bond acceptors (Lipinski definition) is 4. The largest absolute Gasteiger partial charge is 0.453 e. The lowest BCUT2D eigenvalue weighted by Crippen LogP contribution is -2.16. The number of nitriles is 1. The summed E-state index contributed by atoms with van der Waals surface area (Å²) < 4.78 is 5.96. The van der Waals surface area contributed by atoms with Gasteiger partial charge in [0.1, 0.15) is 11.4 Å². The highest BCUT2D eigenvalue weighted by Gasteiger charge is 2.13. The average molecular weight is 381 g/mol. The summed E-state index contributed by atoms with van der Waals surface area (Å²) in [4.78, 5) is 0. The number of nitrogens with zero attached hydrogens (tertiary/aromatic N) is 2. The molecule has 0 fully saturated rings. The van der Waals surface area contributed by atoms with Crippen LogP contribution in [-0.2, 0) is 13.0 Å². The Hall–Kier alpha value is -2.81. The smallest absolute Gasteiger partial charge is 0.172 e. The van der Waals surface area contributed by atoms with Crippen LogP contribution in [0.15, 0.2) is 48.5 Å². The summed E-state index contributed by atoms with van der Waals surface area (Å²) in [6, 6.07) is 17.5. The minimum atomic E-state index is 0.458. The minimum absolute atomic E-state index is 0.458. The Balaban J connectivity index is 1.57.